The average Bonchev–Trinajstić information content (AvgIpc) is 3.03. The van der Waals surface area contributed by atoms with Gasteiger partial charge in [0.1, 0.15) is 0 Å². The van der Waals surface area contributed by atoms with Gasteiger partial charge in [0.25, 0.3) is 5.91 Å². The standard InChI is InChI=1S/C19H27N5OS/c1-6-24(7-2)19-21-10-16(26-19)11-22-23-17(25)12-20-18-14(4)8-13(3)9-15(18)5/h8-11,20H,6-7,12H2,1-5H3,(H,23,25)/b22-11-. The van der Waals surface area contributed by atoms with Crippen molar-refractivity contribution in [3.63, 3.8) is 0 Å². The van der Waals surface area contributed by atoms with E-state index in [1.807, 2.05) is 13.8 Å². The van der Waals surface area contributed by atoms with Gasteiger partial charge in [-0.05, 0) is 45.7 Å². The summed E-state index contributed by atoms with van der Waals surface area (Å²) >= 11 is 1.56. The molecule has 1 aromatic carbocycles. The summed E-state index contributed by atoms with van der Waals surface area (Å²) in [5, 5.41) is 8.18. The molecule has 0 atom stereocenters. The molecule has 0 radical (unpaired) electrons. The van der Waals surface area contributed by atoms with Crippen LogP contribution < -0.4 is 15.6 Å². The van der Waals surface area contributed by atoms with Crippen LogP contribution in [0.2, 0.25) is 0 Å². The SMILES string of the molecule is CCN(CC)c1ncc(/C=N\NC(=O)CNc2c(C)cc(C)cc2C)s1. The average molecular weight is 374 g/mol. The summed E-state index contributed by atoms with van der Waals surface area (Å²) in [6.45, 7) is 12.4. The third-order valence-electron chi connectivity index (χ3n) is 4.03. The third kappa shape index (κ3) is 5.29. The molecule has 0 fully saturated rings. The fraction of sp³-hybridized carbons (Fsp3) is 0.421. The first kappa shape index (κ1) is 19.9. The number of nitrogens with zero attached hydrogens (tertiary/aromatic N) is 3. The Bertz CT molecular complexity index is 757. The van der Waals surface area contributed by atoms with Gasteiger partial charge in [-0.1, -0.05) is 29.0 Å². The van der Waals surface area contributed by atoms with Gasteiger partial charge in [-0.2, -0.15) is 5.10 Å². The molecule has 6 nitrogen and oxygen atoms in total. The molecule has 7 heteroatoms. The zero-order chi connectivity index (χ0) is 19.1. The molecule has 0 aliphatic heterocycles. The molecule has 0 saturated heterocycles. The van der Waals surface area contributed by atoms with Crippen LogP contribution in [0.5, 0.6) is 0 Å². The van der Waals surface area contributed by atoms with Crippen LogP contribution in [-0.4, -0.2) is 36.7 Å². The summed E-state index contributed by atoms with van der Waals surface area (Å²) in [6, 6.07) is 4.20. The Kier molecular flexibility index (Phi) is 7.15. The number of amides is 1. The molecule has 26 heavy (non-hydrogen) atoms. The predicted octanol–water partition coefficient (Wildman–Crippen LogP) is 3.48. The predicted molar refractivity (Wildman–Crippen MR) is 111 cm³/mol. The van der Waals surface area contributed by atoms with Crippen LogP contribution >= 0.6 is 11.3 Å². The van der Waals surface area contributed by atoms with Crippen LogP contribution in [0.4, 0.5) is 10.8 Å². The summed E-state index contributed by atoms with van der Waals surface area (Å²) in [4.78, 5) is 19.5. The number of nitrogens with one attached hydrogen (secondary N) is 2. The molecule has 0 bridgehead atoms. The molecule has 0 spiro atoms. The highest BCUT2D eigenvalue weighted by molar-refractivity contribution is 7.17. The largest absolute Gasteiger partial charge is 0.376 e. The smallest absolute Gasteiger partial charge is 0.259 e. The summed E-state index contributed by atoms with van der Waals surface area (Å²) in [7, 11) is 0. The summed E-state index contributed by atoms with van der Waals surface area (Å²) < 4.78 is 0. The van der Waals surface area contributed by atoms with Crippen LogP contribution in [-0.2, 0) is 4.79 Å². The number of benzene rings is 1. The molecule has 0 aliphatic rings. The molecule has 0 saturated carbocycles. The lowest BCUT2D eigenvalue weighted by Gasteiger charge is -2.16. The normalized spacial score (nSPS) is 11.0. The lowest BCUT2D eigenvalue weighted by atomic mass is 10.1. The second-order valence-electron chi connectivity index (χ2n) is 6.14. The molecular formula is C19H27N5OS. The van der Waals surface area contributed by atoms with Gasteiger partial charge in [0, 0.05) is 25.0 Å². The van der Waals surface area contributed by atoms with E-state index in [1.165, 1.54) is 5.56 Å². The van der Waals surface area contributed by atoms with Crippen LogP contribution in [0.1, 0.15) is 35.4 Å². The fourth-order valence-corrected chi connectivity index (χ4v) is 3.73. The van der Waals surface area contributed by atoms with Crippen molar-refractivity contribution in [3.05, 3.63) is 39.9 Å². The minimum Gasteiger partial charge on any atom is -0.376 e. The van der Waals surface area contributed by atoms with Crippen LogP contribution in [0.15, 0.2) is 23.4 Å². The number of hydrogen-bond acceptors (Lipinski definition) is 6. The van der Waals surface area contributed by atoms with E-state index in [0.717, 1.165) is 39.9 Å². The van der Waals surface area contributed by atoms with Crippen LogP contribution in [0, 0.1) is 20.8 Å². The van der Waals surface area contributed by atoms with Gasteiger partial charge >= 0.3 is 0 Å². The highest BCUT2D eigenvalue weighted by Gasteiger charge is 2.07. The van der Waals surface area contributed by atoms with E-state index >= 15 is 0 Å². The number of thiazole rings is 1. The van der Waals surface area contributed by atoms with Gasteiger partial charge in [0.15, 0.2) is 5.13 Å². The van der Waals surface area contributed by atoms with Gasteiger partial charge in [0.05, 0.1) is 17.6 Å². The van der Waals surface area contributed by atoms with Crippen LogP contribution in [0.25, 0.3) is 0 Å². The first-order valence-electron chi connectivity index (χ1n) is 8.79. The molecule has 1 heterocycles. The van der Waals surface area contributed by atoms with Crippen molar-refractivity contribution < 1.29 is 4.79 Å². The summed E-state index contributed by atoms with van der Waals surface area (Å²) in [5.41, 5.74) is 7.03. The topological polar surface area (TPSA) is 69.6 Å². The molecule has 140 valence electrons. The molecular weight excluding hydrogens is 346 g/mol. The number of carbonyl (C=O) groups excluding carboxylic acids is 1. The Balaban J connectivity index is 1.86. The number of hydrogen-bond donors (Lipinski definition) is 2. The number of rotatable bonds is 8. The van der Waals surface area contributed by atoms with Gasteiger partial charge in [0.2, 0.25) is 0 Å². The second kappa shape index (κ2) is 9.33. The van der Waals surface area contributed by atoms with E-state index in [-0.39, 0.29) is 12.5 Å². The minimum absolute atomic E-state index is 0.176. The molecule has 2 aromatic rings. The highest BCUT2D eigenvalue weighted by Crippen LogP contribution is 2.22. The zero-order valence-corrected chi connectivity index (χ0v) is 16.9. The summed E-state index contributed by atoms with van der Waals surface area (Å²) in [6.07, 6.45) is 3.40. The molecule has 0 unspecified atom stereocenters. The first-order valence-corrected chi connectivity index (χ1v) is 9.60. The van der Waals surface area contributed by atoms with Crippen molar-refractivity contribution in [1.82, 2.24) is 10.4 Å². The summed E-state index contributed by atoms with van der Waals surface area (Å²) in [5.74, 6) is -0.186. The maximum Gasteiger partial charge on any atom is 0.259 e. The van der Waals surface area contributed by atoms with Crippen molar-refractivity contribution in [2.45, 2.75) is 34.6 Å². The molecule has 1 amide bonds. The Labute approximate surface area is 159 Å². The quantitative estimate of drug-likeness (QED) is 0.549. The van der Waals surface area contributed by atoms with Crippen molar-refractivity contribution in [3.8, 4) is 0 Å². The number of aromatic nitrogens is 1. The number of hydrazone groups is 1. The molecule has 2 N–H and O–H groups in total. The van der Waals surface area contributed by atoms with Crippen molar-refractivity contribution >= 4 is 34.3 Å². The third-order valence-corrected chi connectivity index (χ3v) is 5.02. The minimum atomic E-state index is -0.186. The maximum absolute atomic E-state index is 12.0. The van der Waals surface area contributed by atoms with Crippen LogP contribution in [0.3, 0.4) is 0 Å². The van der Waals surface area contributed by atoms with Crippen molar-refractivity contribution in [2.75, 3.05) is 29.9 Å². The molecule has 1 aromatic heterocycles. The molecule has 0 aliphatic carbocycles. The fourth-order valence-electron chi connectivity index (χ4n) is 2.81. The Hall–Kier alpha value is -2.41. The Morgan fingerprint density at radius 2 is 1.88 bits per heavy atom. The van der Waals surface area contributed by atoms with E-state index in [2.05, 4.69) is 58.6 Å². The monoisotopic (exact) mass is 373 g/mol. The lowest BCUT2D eigenvalue weighted by molar-refractivity contribution is -0.119. The first-order chi connectivity index (χ1) is 12.4. The van der Waals surface area contributed by atoms with Gasteiger partial charge in [-0.3, -0.25) is 4.79 Å². The van der Waals surface area contributed by atoms with E-state index < -0.39 is 0 Å². The Morgan fingerprint density at radius 3 is 2.50 bits per heavy atom. The number of aryl methyl sites for hydroxylation is 3. The van der Waals surface area contributed by atoms with E-state index in [1.54, 1.807) is 23.7 Å². The molecule has 2 rings (SSSR count). The highest BCUT2D eigenvalue weighted by atomic mass is 32.1. The van der Waals surface area contributed by atoms with E-state index in [0.29, 0.717) is 0 Å². The lowest BCUT2D eigenvalue weighted by Crippen LogP contribution is -2.26. The van der Waals surface area contributed by atoms with Gasteiger partial charge in [-0.25, -0.2) is 10.4 Å². The van der Waals surface area contributed by atoms with Gasteiger partial charge < -0.3 is 10.2 Å². The van der Waals surface area contributed by atoms with Crippen molar-refractivity contribution in [1.29, 1.82) is 0 Å². The Morgan fingerprint density at radius 1 is 1.23 bits per heavy atom. The number of anilines is 2. The van der Waals surface area contributed by atoms with E-state index in [9.17, 15) is 4.79 Å². The maximum atomic E-state index is 12.0. The van der Waals surface area contributed by atoms with Gasteiger partial charge in [-0.15, -0.1) is 0 Å². The second-order valence-corrected chi connectivity index (χ2v) is 7.18. The van der Waals surface area contributed by atoms with Crippen molar-refractivity contribution in [2.24, 2.45) is 5.10 Å². The number of carbonyl (C=O) groups is 1. The van der Waals surface area contributed by atoms with E-state index in [4.69, 9.17) is 0 Å². The zero-order valence-electron chi connectivity index (χ0n) is 16.1.